The fourth-order valence-electron chi connectivity index (χ4n) is 5.23. The Kier molecular flexibility index (Phi) is 7.08. The van der Waals surface area contributed by atoms with Gasteiger partial charge in [-0.3, -0.25) is 9.78 Å². The highest BCUT2D eigenvalue weighted by Gasteiger charge is 2.30. The maximum absolute atomic E-state index is 15.4. The number of amides is 1. The van der Waals surface area contributed by atoms with Gasteiger partial charge in [-0.25, -0.2) is 18.7 Å². The van der Waals surface area contributed by atoms with E-state index in [0.29, 0.717) is 52.4 Å². The minimum Gasteiger partial charge on any atom is -0.462 e. The third-order valence-corrected chi connectivity index (χ3v) is 8.54. The van der Waals surface area contributed by atoms with Crippen LogP contribution in [0.2, 0.25) is 0 Å². The highest BCUT2D eigenvalue weighted by atomic mass is 32.1. The SMILES string of the molecule is CCOC(=O)c1ccc(-c2ccc(-c3cc4nc(C(=O)N5CCc6ccsc6C5C)cc(CC)n4n3)c(F)c2)nc1. The molecule has 10 heteroatoms. The van der Waals surface area contributed by atoms with Crippen LogP contribution in [0.15, 0.2) is 60.1 Å². The largest absolute Gasteiger partial charge is 0.462 e. The van der Waals surface area contributed by atoms with E-state index in [9.17, 15) is 9.59 Å². The lowest BCUT2D eigenvalue weighted by Crippen LogP contribution is -2.38. The second-order valence-corrected chi connectivity index (χ2v) is 10.8. The molecule has 0 bridgehead atoms. The Morgan fingerprint density at radius 3 is 2.68 bits per heavy atom. The molecular formula is C31H28FN5O3S. The summed E-state index contributed by atoms with van der Waals surface area (Å²) < 4.78 is 22.1. The van der Waals surface area contributed by atoms with Gasteiger partial charge in [-0.1, -0.05) is 13.0 Å². The minimum absolute atomic E-state index is 0.0155. The summed E-state index contributed by atoms with van der Waals surface area (Å²) in [6.07, 6.45) is 2.87. The van der Waals surface area contributed by atoms with E-state index in [0.717, 1.165) is 12.1 Å². The fraction of sp³-hybridized carbons (Fsp3) is 0.258. The maximum Gasteiger partial charge on any atom is 0.339 e. The van der Waals surface area contributed by atoms with Crippen molar-refractivity contribution in [2.24, 2.45) is 0 Å². The average Bonchev–Trinajstić information content (AvgIpc) is 3.64. The van der Waals surface area contributed by atoms with Crippen molar-refractivity contribution in [3.05, 3.63) is 93.3 Å². The van der Waals surface area contributed by atoms with Gasteiger partial charge in [-0.2, -0.15) is 5.10 Å². The predicted octanol–water partition coefficient (Wildman–Crippen LogP) is 6.16. The van der Waals surface area contributed by atoms with Gasteiger partial charge < -0.3 is 9.64 Å². The van der Waals surface area contributed by atoms with E-state index in [1.807, 2.05) is 11.8 Å². The van der Waals surface area contributed by atoms with Crippen molar-refractivity contribution in [3.63, 3.8) is 0 Å². The number of thiophene rings is 1. The van der Waals surface area contributed by atoms with Gasteiger partial charge in [0.25, 0.3) is 5.91 Å². The molecule has 5 aromatic rings. The lowest BCUT2D eigenvalue weighted by molar-refractivity contribution is 0.0525. The van der Waals surface area contributed by atoms with Crippen molar-refractivity contribution < 1.29 is 18.7 Å². The summed E-state index contributed by atoms with van der Waals surface area (Å²) in [6.45, 7) is 6.69. The molecule has 0 radical (unpaired) electrons. The number of rotatable bonds is 6. The fourth-order valence-corrected chi connectivity index (χ4v) is 6.26. The number of benzene rings is 1. The molecule has 208 valence electrons. The molecule has 1 atom stereocenters. The average molecular weight is 570 g/mol. The number of aromatic nitrogens is 4. The molecule has 0 spiro atoms. The first-order valence-corrected chi connectivity index (χ1v) is 14.5. The molecule has 1 amide bonds. The Hall–Kier alpha value is -4.44. The molecule has 0 aliphatic carbocycles. The van der Waals surface area contributed by atoms with Gasteiger partial charge in [0, 0.05) is 40.5 Å². The summed E-state index contributed by atoms with van der Waals surface area (Å²) >= 11 is 1.68. The van der Waals surface area contributed by atoms with E-state index in [1.165, 1.54) is 22.7 Å². The minimum atomic E-state index is -0.467. The molecule has 0 saturated heterocycles. The van der Waals surface area contributed by atoms with Gasteiger partial charge in [-0.15, -0.1) is 11.3 Å². The quantitative estimate of drug-likeness (QED) is 0.228. The molecule has 41 heavy (non-hydrogen) atoms. The summed E-state index contributed by atoms with van der Waals surface area (Å²) in [5.74, 6) is -1.04. The number of pyridine rings is 1. The second kappa shape index (κ2) is 10.9. The van der Waals surface area contributed by atoms with E-state index in [-0.39, 0.29) is 18.6 Å². The zero-order chi connectivity index (χ0) is 28.7. The van der Waals surface area contributed by atoms with Crippen LogP contribution in [0.3, 0.4) is 0 Å². The van der Waals surface area contributed by atoms with Crippen LogP contribution in [0.25, 0.3) is 28.2 Å². The number of aryl methyl sites for hydroxylation is 1. The predicted molar refractivity (Wildman–Crippen MR) is 154 cm³/mol. The third kappa shape index (κ3) is 4.88. The number of esters is 1. The smallest absolute Gasteiger partial charge is 0.339 e. The van der Waals surface area contributed by atoms with Gasteiger partial charge in [0.2, 0.25) is 0 Å². The van der Waals surface area contributed by atoms with Gasteiger partial charge in [-0.05, 0) is 74.0 Å². The number of fused-ring (bicyclic) bond motifs is 2. The molecule has 1 unspecified atom stereocenters. The van der Waals surface area contributed by atoms with Crippen LogP contribution in [-0.4, -0.2) is 49.5 Å². The van der Waals surface area contributed by atoms with Crippen LogP contribution >= 0.6 is 11.3 Å². The monoisotopic (exact) mass is 569 g/mol. The topological polar surface area (TPSA) is 89.7 Å². The van der Waals surface area contributed by atoms with Crippen molar-refractivity contribution in [2.45, 2.75) is 39.7 Å². The standard InChI is InChI=1S/C31H28FN5O3S/c1-4-22-15-27(30(38)36-12-10-19-11-13-41-29(19)18(36)3)34-28-16-26(35-37(22)28)23-8-6-20(14-24(23)32)25-9-7-21(17-33-25)31(39)40-5-2/h6-9,11,13-18H,4-5,10,12H2,1-3H3. The van der Waals surface area contributed by atoms with Crippen LogP contribution in [0, 0.1) is 5.82 Å². The summed E-state index contributed by atoms with van der Waals surface area (Å²) in [6, 6.07) is 13.7. The van der Waals surface area contributed by atoms with Crippen LogP contribution in [0.5, 0.6) is 0 Å². The Morgan fingerprint density at radius 1 is 1.10 bits per heavy atom. The lowest BCUT2D eigenvalue weighted by atomic mass is 10.0. The molecule has 0 fully saturated rings. The first kappa shape index (κ1) is 26.8. The molecule has 1 aliphatic heterocycles. The van der Waals surface area contributed by atoms with Crippen molar-refractivity contribution in [1.82, 2.24) is 24.5 Å². The normalized spacial score (nSPS) is 14.7. The molecular weight excluding hydrogens is 541 g/mol. The number of carbonyl (C=O) groups excluding carboxylic acids is 2. The second-order valence-electron chi connectivity index (χ2n) is 9.87. The number of hydrogen-bond acceptors (Lipinski definition) is 7. The first-order valence-electron chi connectivity index (χ1n) is 13.6. The molecule has 1 aliphatic rings. The first-order chi connectivity index (χ1) is 19.9. The van der Waals surface area contributed by atoms with Crippen LogP contribution in [0.1, 0.15) is 63.8 Å². The van der Waals surface area contributed by atoms with Crippen LogP contribution in [0.4, 0.5) is 4.39 Å². The zero-order valence-electron chi connectivity index (χ0n) is 22.9. The molecule has 1 aromatic carbocycles. The Morgan fingerprint density at radius 2 is 1.95 bits per heavy atom. The van der Waals surface area contributed by atoms with E-state index >= 15 is 4.39 Å². The summed E-state index contributed by atoms with van der Waals surface area (Å²) in [5, 5.41) is 6.72. The highest BCUT2D eigenvalue weighted by molar-refractivity contribution is 7.10. The van der Waals surface area contributed by atoms with E-state index < -0.39 is 11.8 Å². The van der Waals surface area contributed by atoms with Crippen molar-refractivity contribution in [3.8, 4) is 22.5 Å². The number of ether oxygens (including phenoxy) is 1. The van der Waals surface area contributed by atoms with E-state index in [1.54, 1.807) is 59.2 Å². The van der Waals surface area contributed by atoms with Crippen molar-refractivity contribution >= 4 is 28.9 Å². The molecule has 4 aromatic heterocycles. The third-order valence-electron chi connectivity index (χ3n) is 7.41. The molecule has 0 saturated carbocycles. The molecule has 5 heterocycles. The maximum atomic E-state index is 15.4. The van der Waals surface area contributed by atoms with Crippen molar-refractivity contribution in [1.29, 1.82) is 0 Å². The lowest BCUT2D eigenvalue weighted by Gasteiger charge is -2.33. The van der Waals surface area contributed by atoms with Gasteiger partial charge >= 0.3 is 5.97 Å². The molecule has 6 rings (SSSR count). The highest BCUT2D eigenvalue weighted by Crippen LogP contribution is 2.34. The summed E-state index contributed by atoms with van der Waals surface area (Å²) in [4.78, 5) is 37.5. The Bertz CT molecular complexity index is 1780. The zero-order valence-corrected chi connectivity index (χ0v) is 23.7. The number of halogens is 1. The summed E-state index contributed by atoms with van der Waals surface area (Å²) in [5.41, 5.74) is 5.13. The molecule has 0 N–H and O–H groups in total. The Labute approximate surface area is 240 Å². The van der Waals surface area contributed by atoms with E-state index in [2.05, 4.69) is 33.4 Å². The Balaban J connectivity index is 1.29. The number of carbonyl (C=O) groups is 2. The summed E-state index contributed by atoms with van der Waals surface area (Å²) in [7, 11) is 0. The van der Waals surface area contributed by atoms with E-state index in [4.69, 9.17) is 4.74 Å². The van der Waals surface area contributed by atoms with Crippen molar-refractivity contribution in [2.75, 3.05) is 13.2 Å². The van der Waals surface area contributed by atoms with Gasteiger partial charge in [0.1, 0.15) is 11.5 Å². The number of hydrogen-bond donors (Lipinski definition) is 0. The van der Waals surface area contributed by atoms with Crippen LogP contribution < -0.4 is 0 Å². The molecule has 8 nitrogen and oxygen atoms in total. The number of nitrogens with zero attached hydrogens (tertiary/aromatic N) is 5. The van der Waals surface area contributed by atoms with Gasteiger partial charge in [0.15, 0.2) is 5.65 Å². The van der Waals surface area contributed by atoms with Crippen LogP contribution in [-0.2, 0) is 17.6 Å². The van der Waals surface area contributed by atoms with Gasteiger partial charge in [0.05, 0.1) is 29.6 Å².